The topological polar surface area (TPSA) is 56.1 Å². The Morgan fingerprint density at radius 2 is 2.11 bits per heavy atom. The Bertz CT molecular complexity index is 290. The molecule has 4 nitrogen and oxygen atoms in total. The van der Waals surface area contributed by atoms with Crippen molar-refractivity contribution in [1.29, 1.82) is 5.26 Å². The molecule has 0 aromatic rings. The van der Waals surface area contributed by atoms with Gasteiger partial charge in [-0.2, -0.15) is 5.26 Å². The minimum absolute atomic E-state index is 0.130. The summed E-state index contributed by atoms with van der Waals surface area (Å²) in [6.45, 7) is 5.91. The summed E-state index contributed by atoms with van der Waals surface area (Å²) in [5, 5.41) is 12.0. The van der Waals surface area contributed by atoms with Crippen molar-refractivity contribution in [3.8, 4) is 6.07 Å². The second kappa shape index (κ2) is 8.10. The molecule has 0 heterocycles. The van der Waals surface area contributed by atoms with Crippen LogP contribution in [0.25, 0.3) is 0 Å². The van der Waals surface area contributed by atoms with Gasteiger partial charge in [-0.3, -0.25) is 4.79 Å². The van der Waals surface area contributed by atoms with E-state index in [0.717, 1.165) is 6.54 Å². The van der Waals surface area contributed by atoms with Gasteiger partial charge in [-0.15, -0.1) is 0 Å². The second-order valence-corrected chi connectivity index (χ2v) is 5.50. The molecule has 102 valence electrons. The monoisotopic (exact) mass is 251 g/mol. The highest BCUT2D eigenvalue weighted by Crippen LogP contribution is 2.17. The van der Waals surface area contributed by atoms with Gasteiger partial charge in [-0.05, 0) is 18.8 Å². The number of hydrogen-bond acceptors (Lipinski definition) is 3. The minimum atomic E-state index is 0.130. The van der Waals surface area contributed by atoms with Crippen LogP contribution < -0.4 is 5.32 Å². The Balaban J connectivity index is 2.34. The Kier molecular flexibility index (Phi) is 6.74. The van der Waals surface area contributed by atoms with Crippen LogP contribution in [0.2, 0.25) is 0 Å². The zero-order valence-electron chi connectivity index (χ0n) is 11.6. The molecule has 1 fully saturated rings. The Morgan fingerprint density at radius 1 is 1.44 bits per heavy atom. The van der Waals surface area contributed by atoms with Gasteiger partial charge in [0.05, 0.1) is 19.0 Å². The first kappa shape index (κ1) is 15.0. The van der Waals surface area contributed by atoms with E-state index in [1.807, 2.05) is 4.90 Å². The lowest BCUT2D eigenvalue weighted by molar-refractivity contribution is -0.130. The average molecular weight is 251 g/mol. The van der Waals surface area contributed by atoms with Gasteiger partial charge in [0.15, 0.2) is 0 Å². The van der Waals surface area contributed by atoms with Crippen molar-refractivity contribution >= 4 is 5.91 Å². The van der Waals surface area contributed by atoms with Crippen LogP contribution >= 0.6 is 0 Å². The van der Waals surface area contributed by atoms with Crippen molar-refractivity contribution in [3.63, 3.8) is 0 Å². The van der Waals surface area contributed by atoms with E-state index < -0.39 is 0 Å². The van der Waals surface area contributed by atoms with Crippen LogP contribution in [0, 0.1) is 17.2 Å². The molecule has 0 bridgehead atoms. The molecular formula is C14H25N3O. The quantitative estimate of drug-likeness (QED) is 0.752. The van der Waals surface area contributed by atoms with E-state index in [2.05, 4.69) is 25.2 Å². The normalized spacial score (nSPS) is 15.9. The summed E-state index contributed by atoms with van der Waals surface area (Å²) in [6, 6.07) is 2.63. The lowest BCUT2D eigenvalue weighted by Crippen LogP contribution is -2.42. The fourth-order valence-corrected chi connectivity index (χ4v) is 2.42. The maximum atomic E-state index is 12.1. The van der Waals surface area contributed by atoms with Crippen molar-refractivity contribution < 1.29 is 4.79 Å². The maximum absolute atomic E-state index is 12.1. The molecule has 0 radical (unpaired) electrons. The van der Waals surface area contributed by atoms with Crippen molar-refractivity contribution in [2.24, 2.45) is 5.92 Å². The second-order valence-electron chi connectivity index (χ2n) is 5.50. The molecule has 1 amide bonds. The van der Waals surface area contributed by atoms with Crippen LogP contribution in [0.5, 0.6) is 0 Å². The summed E-state index contributed by atoms with van der Waals surface area (Å²) < 4.78 is 0. The molecule has 0 unspecified atom stereocenters. The summed E-state index contributed by atoms with van der Waals surface area (Å²) in [6.07, 6.45) is 5.35. The first-order valence-electron chi connectivity index (χ1n) is 7.01. The molecule has 4 heteroatoms. The molecule has 1 aliphatic carbocycles. The molecule has 1 N–H and O–H groups in total. The van der Waals surface area contributed by atoms with E-state index in [-0.39, 0.29) is 5.91 Å². The summed E-state index contributed by atoms with van der Waals surface area (Å²) >= 11 is 0. The van der Waals surface area contributed by atoms with Crippen LogP contribution in [-0.4, -0.2) is 36.5 Å². The Labute approximate surface area is 110 Å². The van der Waals surface area contributed by atoms with Gasteiger partial charge in [0.1, 0.15) is 0 Å². The third-order valence-electron chi connectivity index (χ3n) is 3.33. The number of nitrogens with zero attached hydrogens (tertiary/aromatic N) is 2. The van der Waals surface area contributed by atoms with Crippen LogP contribution in [0.15, 0.2) is 0 Å². The number of hydrogen-bond donors (Lipinski definition) is 1. The lowest BCUT2D eigenvalue weighted by Gasteiger charge is -2.24. The SMILES string of the molecule is CC(C)CN(CCC#N)C(=O)CNC1CCCC1. The average Bonchev–Trinajstić information content (AvgIpc) is 2.84. The fourth-order valence-electron chi connectivity index (χ4n) is 2.42. The number of nitriles is 1. The van der Waals surface area contributed by atoms with Crippen molar-refractivity contribution in [2.75, 3.05) is 19.6 Å². The summed E-state index contributed by atoms with van der Waals surface area (Å²) in [5.41, 5.74) is 0. The number of rotatable bonds is 7. The largest absolute Gasteiger partial charge is 0.340 e. The van der Waals surface area contributed by atoms with Crippen molar-refractivity contribution in [1.82, 2.24) is 10.2 Å². The zero-order chi connectivity index (χ0) is 13.4. The van der Waals surface area contributed by atoms with Crippen molar-refractivity contribution in [3.05, 3.63) is 0 Å². The predicted molar refractivity (Wildman–Crippen MR) is 71.9 cm³/mol. The zero-order valence-corrected chi connectivity index (χ0v) is 11.6. The number of carbonyl (C=O) groups is 1. The van der Waals surface area contributed by atoms with Gasteiger partial charge in [0.2, 0.25) is 5.91 Å². The fraction of sp³-hybridized carbons (Fsp3) is 0.857. The molecule has 0 saturated heterocycles. The lowest BCUT2D eigenvalue weighted by atomic mass is 10.2. The maximum Gasteiger partial charge on any atom is 0.236 e. The van der Waals surface area contributed by atoms with Gasteiger partial charge in [0, 0.05) is 19.1 Å². The third-order valence-corrected chi connectivity index (χ3v) is 3.33. The standard InChI is InChI=1S/C14H25N3O/c1-12(2)11-17(9-5-8-15)14(18)10-16-13-6-3-4-7-13/h12-13,16H,3-7,9-11H2,1-2H3. The van der Waals surface area contributed by atoms with Crippen LogP contribution in [0.3, 0.4) is 0 Å². The van der Waals surface area contributed by atoms with E-state index in [4.69, 9.17) is 5.26 Å². The van der Waals surface area contributed by atoms with Crippen molar-refractivity contribution in [2.45, 2.75) is 52.0 Å². The highest BCUT2D eigenvalue weighted by atomic mass is 16.2. The van der Waals surface area contributed by atoms with E-state index >= 15 is 0 Å². The molecular weight excluding hydrogens is 226 g/mol. The van der Waals surface area contributed by atoms with Crippen LogP contribution in [0.4, 0.5) is 0 Å². The van der Waals surface area contributed by atoms with Gasteiger partial charge in [-0.25, -0.2) is 0 Å². The van der Waals surface area contributed by atoms with Crippen LogP contribution in [-0.2, 0) is 4.79 Å². The van der Waals surface area contributed by atoms with E-state index in [1.54, 1.807) is 0 Å². The summed E-state index contributed by atoms with van der Waals surface area (Å²) in [4.78, 5) is 13.9. The van der Waals surface area contributed by atoms with E-state index in [9.17, 15) is 4.79 Å². The van der Waals surface area contributed by atoms with Gasteiger partial charge >= 0.3 is 0 Å². The highest BCUT2D eigenvalue weighted by molar-refractivity contribution is 5.78. The van der Waals surface area contributed by atoms with Gasteiger partial charge in [0.25, 0.3) is 0 Å². The molecule has 1 aliphatic rings. The van der Waals surface area contributed by atoms with Gasteiger partial charge in [-0.1, -0.05) is 26.7 Å². The molecule has 18 heavy (non-hydrogen) atoms. The first-order valence-corrected chi connectivity index (χ1v) is 7.01. The number of nitrogens with one attached hydrogen (secondary N) is 1. The van der Waals surface area contributed by atoms with Crippen LogP contribution in [0.1, 0.15) is 46.0 Å². The molecule has 0 atom stereocenters. The molecule has 0 aliphatic heterocycles. The Hall–Kier alpha value is -1.08. The minimum Gasteiger partial charge on any atom is -0.340 e. The van der Waals surface area contributed by atoms with Gasteiger partial charge < -0.3 is 10.2 Å². The third kappa shape index (κ3) is 5.50. The number of amides is 1. The molecule has 1 rings (SSSR count). The molecule has 0 spiro atoms. The van der Waals surface area contributed by atoms with E-state index in [1.165, 1.54) is 25.7 Å². The highest BCUT2D eigenvalue weighted by Gasteiger charge is 2.18. The number of carbonyl (C=O) groups excluding carboxylic acids is 1. The molecule has 1 saturated carbocycles. The first-order chi connectivity index (χ1) is 8.63. The summed E-state index contributed by atoms with van der Waals surface area (Å²) in [7, 11) is 0. The Morgan fingerprint density at radius 3 is 2.67 bits per heavy atom. The predicted octanol–water partition coefficient (Wildman–Crippen LogP) is 1.92. The molecule has 0 aromatic heterocycles. The van der Waals surface area contributed by atoms with E-state index in [0.29, 0.717) is 31.5 Å². The summed E-state index contributed by atoms with van der Waals surface area (Å²) in [5.74, 6) is 0.574. The molecule has 0 aromatic carbocycles. The smallest absolute Gasteiger partial charge is 0.236 e.